The van der Waals surface area contributed by atoms with Crippen LogP contribution in [0.3, 0.4) is 0 Å². The predicted molar refractivity (Wildman–Crippen MR) is 83.8 cm³/mol. The molecule has 4 heteroatoms. The summed E-state index contributed by atoms with van der Waals surface area (Å²) < 4.78 is 1.31. The van der Waals surface area contributed by atoms with E-state index in [0.717, 1.165) is 6.54 Å². The lowest BCUT2D eigenvalue weighted by molar-refractivity contribution is 0.188. The molecular formula is C13H20ClIN2. The van der Waals surface area contributed by atoms with Crippen molar-refractivity contribution in [3.63, 3.8) is 0 Å². The molecule has 1 saturated heterocycles. The summed E-state index contributed by atoms with van der Waals surface area (Å²) in [5, 5.41) is 3.39. The van der Waals surface area contributed by atoms with Crippen LogP contribution in [0.15, 0.2) is 24.3 Å². The van der Waals surface area contributed by atoms with Crippen molar-refractivity contribution in [2.24, 2.45) is 0 Å². The number of benzene rings is 1. The highest BCUT2D eigenvalue weighted by Crippen LogP contribution is 2.14. The Balaban J connectivity index is 0.00000144. The van der Waals surface area contributed by atoms with E-state index in [0.29, 0.717) is 6.04 Å². The van der Waals surface area contributed by atoms with Gasteiger partial charge in [0.1, 0.15) is 0 Å². The van der Waals surface area contributed by atoms with Crippen LogP contribution in [0.4, 0.5) is 0 Å². The van der Waals surface area contributed by atoms with Crippen LogP contribution in [0.5, 0.6) is 0 Å². The number of hydrogen-bond acceptors (Lipinski definition) is 2. The number of hydrogen-bond donors (Lipinski definition) is 1. The molecule has 96 valence electrons. The number of piperidine rings is 1. The van der Waals surface area contributed by atoms with Gasteiger partial charge in [-0.15, -0.1) is 12.4 Å². The number of halogens is 2. The monoisotopic (exact) mass is 366 g/mol. The standard InChI is InChI=1S/C13H19IN2.ClH/c1-15-13-3-2-8-16(10-13)9-11-4-6-12(14)7-5-11;/h4-7,13,15H,2-3,8-10H2,1H3;1H. The Kier molecular flexibility index (Phi) is 6.77. The zero-order valence-corrected chi connectivity index (χ0v) is 13.1. The van der Waals surface area contributed by atoms with E-state index in [1.54, 1.807) is 0 Å². The van der Waals surface area contributed by atoms with Crippen molar-refractivity contribution >= 4 is 35.0 Å². The van der Waals surface area contributed by atoms with Crippen LogP contribution in [0.25, 0.3) is 0 Å². The Morgan fingerprint density at radius 1 is 1.35 bits per heavy atom. The van der Waals surface area contributed by atoms with Crippen LogP contribution < -0.4 is 5.32 Å². The minimum absolute atomic E-state index is 0. The first-order chi connectivity index (χ1) is 7.78. The lowest BCUT2D eigenvalue weighted by Crippen LogP contribution is -2.43. The molecule has 1 unspecified atom stereocenters. The molecule has 2 nitrogen and oxygen atoms in total. The summed E-state index contributed by atoms with van der Waals surface area (Å²) in [6.45, 7) is 3.52. The third-order valence-electron chi connectivity index (χ3n) is 3.23. The molecule has 1 heterocycles. The number of nitrogens with one attached hydrogen (secondary N) is 1. The molecule has 1 fully saturated rings. The Labute approximate surface area is 124 Å². The first-order valence-corrected chi connectivity index (χ1v) is 7.00. The molecule has 0 saturated carbocycles. The van der Waals surface area contributed by atoms with Crippen LogP contribution in [-0.2, 0) is 6.54 Å². The first kappa shape index (κ1) is 15.2. The molecule has 1 aromatic rings. The Morgan fingerprint density at radius 3 is 2.71 bits per heavy atom. The van der Waals surface area contributed by atoms with Crippen molar-refractivity contribution in [3.05, 3.63) is 33.4 Å². The molecule has 0 amide bonds. The van der Waals surface area contributed by atoms with Crippen molar-refractivity contribution in [1.29, 1.82) is 0 Å². The molecular weight excluding hydrogens is 347 g/mol. The SMILES string of the molecule is CNC1CCCN(Cc2ccc(I)cc2)C1.Cl. The van der Waals surface area contributed by atoms with Crippen molar-refractivity contribution < 1.29 is 0 Å². The predicted octanol–water partition coefficient (Wildman–Crippen LogP) is 2.90. The second-order valence-corrected chi connectivity index (χ2v) is 5.74. The number of likely N-dealkylation sites (N-methyl/N-ethyl adjacent to an activating group) is 1. The fraction of sp³-hybridized carbons (Fsp3) is 0.538. The summed E-state index contributed by atoms with van der Waals surface area (Å²) in [5.41, 5.74) is 1.43. The van der Waals surface area contributed by atoms with Crippen LogP contribution in [-0.4, -0.2) is 31.1 Å². The Morgan fingerprint density at radius 2 is 2.06 bits per heavy atom. The molecule has 0 bridgehead atoms. The third kappa shape index (κ3) is 4.73. The van der Waals surface area contributed by atoms with Gasteiger partial charge in [0.05, 0.1) is 0 Å². The van der Waals surface area contributed by atoms with E-state index in [9.17, 15) is 0 Å². The summed E-state index contributed by atoms with van der Waals surface area (Å²) in [6.07, 6.45) is 2.63. The first-order valence-electron chi connectivity index (χ1n) is 5.92. The van der Waals surface area contributed by atoms with Gasteiger partial charge in [0.2, 0.25) is 0 Å². The van der Waals surface area contributed by atoms with Crippen LogP contribution >= 0.6 is 35.0 Å². The van der Waals surface area contributed by atoms with E-state index in [2.05, 4.69) is 64.1 Å². The summed E-state index contributed by atoms with van der Waals surface area (Å²) >= 11 is 2.35. The zero-order chi connectivity index (χ0) is 11.4. The molecule has 0 radical (unpaired) electrons. The highest BCUT2D eigenvalue weighted by Gasteiger charge is 2.17. The van der Waals surface area contributed by atoms with Crippen molar-refractivity contribution in [2.75, 3.05) is 20.1 Å². The maximum Gasteiger partial charge on any atom is 0.0234 e. The molecule has 1 aromatic carbocycles. The smallest absolute Gasteiger partial charge is 0.0234 e. The van der Waals surface area contributed by atoms with Gasteiger partial charge in [-0.3, -0.25) is 4.90 Å². The van der Waals surface area contributed by atoms with Gasteiger partial charge in [-0.05, 0) is 66.7 Å². The molecule has 1 N–H and O–H groups in total. The highest BCUT2D eigenvalue weighted by molar-refractivity contribution is 14.1. The van der Waals surface area contributed by atoms with Gasteiger partial charge in [-0.1, -0.05) is 12.1 Å². The Hall–Kier alpha value is 0.160. The zero-order valence-electron chi connectivity index (χ0n) is 10.2. The van der Waals surface area contributed by atoms with Gasteiger partial charge < -0.3 is 5.32 Å². The van der Waals surface area contributed by atoms with E-state index in [1.807, 2.05) is 0 Å². The molecule has 2 rings (SSSR count). The molecule has 1 aliphatic rings. The molecule has 17 heavy (non-hydrogen) atoms. The van der Waals surface area contributed by atoms with Gasteiger partial charge in [0.15, 0.2) is 0 Å². The van der Waals surface area contributed by atoms with Gasteiger partial charge in [0.25, 0.3) is 0 Å². The maximum absolute atomic E-state index is 3.39. The second kappa shape index (κ2) is 7.56. The van der Waals surface area contributed by atoms with Crippen molar-refractivity contribution in [2.45, 2.75) is 25.4 Å². The number of rotatable bonds is 3. The van der Waals surface area contributed by atoms with Crippen LogP contribution in [0.2, 0.25) is 0 Å². The largest absolute Gasteiger partial charge is 0.316 e. The topological polar surface area (TPSA) is 15.3 Å². The molecule has 1 atom stereocenters. The molecule has 0 aliphatic carbocycles. The molecule has 0 aromatic heterocycles. The van der Waals surface area contributed by atoms with Crippen molar-refractivity contribution in [3.8, 4) is 0 Å². The van der Waals surface area contributed by atoms with E-state index < -0.39 is 0 Å². The fourth-order valence-electron chi connectivity index (χ4n) is 2.28. The number of nitrogens with zero attached hydrogens (tertiary/aromatic N) is 1. The van der Waals surface area contributed by atoms with Gasteiger partial charge in [0, 0.05) is 22.7 Å². The normalized spacial score (nSPS) is 20.9. The lowest BCUT2D eigenvalue weighted by atomic mass is 10.1. The van der Waals surface area contributed by atoms with Gasteiger partial charge in [-0.25, -0.2) is 0 Å². The van der Waals surface area contributed by atoms with E-state index in [1.165, 1.54) is 35.1 Å². The van der Waals surface area contributed by atoms with E-state index in [4.69, 9.17) is 0 Å². The average Bonchev–Trinajstić information content (AvgIpc) is 2.32. The van der Waals surface area contributed by atoms with E-state index >= 15 is 0 Å². The van der Waals surface area contributed by atoms with Crippen molar-refractivity contribution in [1.82, 2.24) is 10.2 Å². The number of likely N-dealkylation sites (tertiary alicyclic amines) is 1. The third-order valence-corrected chi connectivity index (χ3v) is 3.95. The van der Waals surface area contributed by atoms with Gasteiger partial charge in [-0.2, -0.15) is 0 Å². The van der Waals surface area contributed by atoms with Crippen LogP contribution in [0.1, 0.15) is 18.4 Å². The maximum atomic E-state index is 3.39. The minimum Gasteiger partial charge on any atom is -0.316 e. The second-order valence-electron chi connectivity index (χ2n) is 4.49. The molecule has 1 aliphatic heterocycles. The minimum atomic E-state index is 0. The lowest BCUT2D eigenvalue weighted by Gasteiger charge is -2.32. The van der Waals surface area contributed by atoms with E-state index in [-0.39, 0.29) is 12.4 Å². The van der Waals surface area contributed by atoms with Crippen LogP contribution in [0, 0.1) is 3.57 Å². The quantitative estimate of drug-likeness (QED) is 0.828. The highest BCUT2D eigenvalue weighted by atomic mass is 127. The fourth-order valence-corrected chi connectivity index (χ4v) is 2.64. The van der Waals surface area contributed by atoms with Gasteiger partial charge >= 0.3 is 0 Å². The summed E-state index contributed by atoms with van der Waals surface area (Å²) in [5.74, 6) is 0. The molecule has 0 spiro atoms. The summed E-state index contributed by atoms with van der Waals surface area (Å²) in [4.78, 5) is 2.55. The summed E-state index contributed by atoms with van der Waals surface area (Å²) in [7, 11) is 2.07. The Bertz CT molecular complexity index is 329. The average molecular weight is 367 g/mol. The summed E-state index contributed by atoms with van der Waals surface area (Å²) in [6, 6.07) is 9.54.